The third kappa shape index (κ3) is 5.42. The average molecular weight is 318 g/mol. The van der Waals surface area contributed by atoms with Crippen LogP contribution in [-0.2, 0) is 0 Å². The number of rotatable bonds is 6. The second-order valence-electron chi connectivity index (χ2n) is 4.76. The normalized spacial score (nSPS) is 14.9. The molecule has 0 aliphatic carbocycles. The molecule has 1 atom stereocenters. The number of hydrogen-bond donors (Lipinski definition) is 2. The van der Waals surface area contributed by atoms with Gasteiger partial charge < -0.3 is 10.4 Å². The lowest BCUT2D eigenvalue weighted by Gasteiger charge is -2.30. The number of hydrogen-bond acceptors (Lipinski definition) is 3. The Balaban J connectivity index is 2.58. The molecular weight excluding hydrogens is 298 g/mol. The van der Waals surface area contributed by atoms with E-state index < -0.39 is 0 Å². The summed E-state index contributed by atoms with van der Waals surface area (Å²) in [5.74, 6) is 0.845. The summed E-state index contributed by atoms with van der Waals surface area (Å²) in [5, 5.41) is 12.9. The van der Waals surface area contributed by atoms with Gasteiger partial charge in [0, 0.05) is 26.7 Å². The van der Waals surface area contributed by atoms with Gasteiger partial charge in [-0.1, -0.05) is 35.8 Å². The van der Waals surface area contributed by atoms with Crippen LogP contribution >= 0.6 is 27.7 Å². The van der Waals surface area contributed by atoms with E-state index in [1.807, 2.05) is 12.1 Å². The summed E-state index contributed by atoms with van der Waals surface area (Å²) in [6, 6.07) is 8.59. The molecule has 96 valence electrons. The number of aliphatic hydroxyl groups excluding tert-OH is 1. The van der Waals surface area contributed by atoms with Crippen molar-refractivity contribution in [3.05, 3.63) is 28.7 Å². The minimum Gasteiger partial charge on any atom is -0.394 e. The number of nitrogens with one attached hydrogen (secondary N) is 1. The third-order valence-electron chi connectivity index (χ3n) is 2.34. The van der Waals surface area contributed by atoms with Gasteiger partial charge in [0.1, 0.15) is 0 Å². The van der Waals surface area contributed by atoms with Gasteiger partial charge in [0.25, 0.3) is 0 Å². The number of halogens is 1. The van der Waals surface area contributed by atoms with Crippen molar-refractivity contribution in [3.63, 3.8) is 0 Å². The lowest BCUT2D eigenvalue weighted by molar-refractivity contribution is 0.183. The van der Waals surface area contributed by atoms with Crippen molar-refractivity contribution in [1.82, 2.24) is 5.32 Å². The van der Waals surface area contributed by atoms with Crippen molar-refractivity contribution in [2.24, 2.45) is 0 Å². The zero-order valence-electron chi connectivity index (χ0n) is 10.5. The van der Waals surface area contributed by atoms with Gasteiger partial charge in [-0.25, -0.2) is 0 Å². The van der Waals surface area contributed by atoms with Gasteiger partial charge in [-0.2, -0.15) is 0 Å². The molecule has 2 N–H and O–H groups in total. The molecule has 0 aromatic heterocycles. The average Bonchev–Trinajstić information content (AvgIpc) is 2.26. The molecule has 1 rings (SSSR count). The largest absolute Gasteiger partial charge is 0.394 e. The molecule has 0 radical (unpaired) electrons. The molecule has 1 aromatic carbocycles. The topological polar surface area (TPSA) is 32.3 Å². The lowest BCUT2D eigenvalue weighted by Crippen LogP contribution is -2.51. The monoisotopic (exact) mass is 317 g/mol. The summed E-state index contributed by atoms with van der Waals surface area (Å²) in [6.45, 7) is 6.39. The number of thioether (sulfide) groups is 1. The zero-order valence-corrected chi connectivity index (χ0v) is 12.9. The van der Waals surface area contributed by atoms with E-state index in [1.54, 1.807) is 11.8 Å². The SMILES string of the molecule is CC(C)NC(C)(CO)CSc1cccc(Br)c1. The van der Waals surface area contributed by atoms with Crippen LogP contribution in [0.5, 0.6) is 0 Å². The zero-order chi connectivity index (χ0) is 12.9. The molecule has 0 aliphatic heterocycles. The molecule has 0 aliphatic rings. The Bertz CT molecular complexity index is 359. The second-order valence-corrected chi connectivity index (χ2v) is 6.73. The summed E-state index contributed by atoms with van der Waals surface area (Å²) in [4.78, 5) is 1.21. The molecule has 4 heteroatoms. The second kappa shape index (κ2) is 6.78. The van der Waals surface area contributed by atoms with Crippen molar-refractivity contribution in [1.29, 1.82) is 0 Å². The first-order valence-corrected chi connectivity index (χ1v) is 7.50. The fraction of sp³-hybridized carbons (Fsp3) is 0.538. The van der Waals surface area contributed by atoms with E-state index in [2.05, 4.69) is 54.2 Å². The summed E-state index contributed by atoms with van der Waals surface area (Å²) in [5.41, 5.74) is -0.235. The summed E-state index contributed by atoms with van der Waals surface area (Å²) in [6.07, 6.45) is 0. The van der Waals surface area contributed by atoms with E-state index in [1.165, 1.54) is 4.90 Å². The fourth-order valence-corrected chi connectivity index (χ4v) is 3.22. The Morgan fingerprint density at radius 2 is 2.18 bits per heavy atom. The van der Waals surface area contributed by atoms with Crippen LogP contribution in [0.4, 0.5) is 0 Å². The van der Waals surface area contributed by atoms with Gasteiger partial charge in [0.15, 0.2) is 0 Å². The Morgan fingerprint density at radius 1 is 1.47 bits per heavy atom. The molecule has 1 aromatic rings. The van der Waals surface area contributed by atoms with Gasteiger partial charge in [-0.05, 0) is 25.1 Å². The standard InChI is InChI=1S/C13H20BrNOS/c1-10(2)15-13(3,8-16)9-17-12-6-4-5-11(14)7-12/h4-7,10,15-16H,8-9H2,1-3H3. The maximum absolute atomic E-state index is 9.48. The predicted molar refractivity (Wildman–Crippen MR) is 78.6 cm³/mol. The Morgan fingerprint density at radius 3 is 2.71 bits per heavy atom. The van der Waals surface area contributed by atoms with Crippen molar-refractivity contribution in [2.45, 2.75) is 37.2 Å². The molecule has 2 nitrogen and oxygen atoms in total. The van der Waals surface area contributed by atoms with Crippen molar-refractivity contribution < 1.29 is 5.11 Å². The Kier molecular flexibility index (Phi) is 6.00. The van der Waals surface area contributed by atoms with E-state index >= 15 is 0 Å². The Hall–Kier alpha value is -0.0300. The van der Waals surface area contributed by atoms with Crippen molar-refractivity contribution in [2.75, 3.05) is 12.4 Å². The van der Waals surface area contributed by atoms with Crippen LogP contribution in [0, 0.1) is 0 Å². The van der Waals surface area contributed by atoms with Gasteiger partial charge in [0.2, 0.25) is 0 Å². The molecule has 0 bridgehead atoms. The van der Waals surface area contributed by atoms with E-state index in [0.29, 0.717) is 6.04 Å². The van der Waals surface area contributed by atoms with Crippen LogP contribution in [0.2, 0.25) is 0 Å². The molecule has 1 unspecified atom stereocenters. The van der Waals surface area contributed by atoms with Crippen molar-refractivity contribution in [3.8, 4) is 0 Å². The van der Waals surface area contributed by atoms with E-state index in [0.717, 1.165) is 10.2 Å². The molecular formula is C13H20BrNOS. The fourth-order valence-electron chi connectivity index (χ4n) is 1.63. The van der Waals surface area contributed by atoms with Gasteiger partial charge in [0.05, 0.1) is 6.61 Å². The maximum Gasteiger partial charge on any atom is 0.0618 e. The van der Waals surface area contributed by atoms with Crippen LogP contribution in [0.3, 0.4) is 0 Å². The maximum atomic E-state index is 9.48. The van der Waals surface area contributed by atoms with E-state index in [-0.39, 0.29) is 12.1 Å². The number of benzene rings is 1. The molecule has 0 amide bonds. The first-order valence-electron chi connectivity index (χ1n) is 5.72. The first kappa shape index (κ1) is 15.0. The summed E-state index contributed by atoms with van der Waals surface area (Å²) in [7, 11) is 0. The van der Waals surface area contributed by atoms with Crippen LogP contribution in [0.1, 0.15) is 20.8 Å². The summed E-state index contributed by atoms with van der Waals surface area (Å²) < 4.78 is 1.09. The van der Waals surface area contributed by atoms with Gasteiger partial charge in [-0.15, -0.1) is 11.8 Å². The molecule has 0 saturated heterocycles. The molecule has 0 saturated carbocycles. The lowest BCUT2D eigenvalue weighted by atomic mass is 10.1. The van der Waals surface area contributed by atoms with Crippen LogP contribution < -0.4 is 5.32 Å². The van der Waals surface area contributed by atoms with Crippen molar-refractivity contribution >= 4 is 27.7 Å². The highest BCUT2D eigenvalue weighted by Crippen LogP contribution is 2.25. The van der Waals surface area contributed by atoms with Gasteiger partial charge >= 0.3 is 0 Å². The molecule has 0 spiro atoms. The predicted octanol–water partition coefficient (Wildman–Crippen LogP) is 3.29. The number of aliphatic hydroxyl groups is 1. The quantitative estimate of drug-likeness (QED) is 0.790. The van der Waals surface area contributed by atoms with Crippen LogP contribution in [0.25, 0.3) is 0 Å². The highest BCUT2D eigenvalue weighted by atomic mass is 79.9. The minimum absolute atomic E-state index is 0.145. The highest BCUT2D eigenvalue weighted by molar-refractivity contribution is 9.10. The minimum atomic E-state index is -0.235. The highest BCUT2D eigenvalue weighted by Gasteiger charge is 2.23. The van der Waals surface area contributed by atoms with Crippen LogP contribution in [0.15, 0.2) is 33.6 Å². The van der Waals surface area contributed by atoms with E-state index in [4.69, 9.17) is 0 Å². The van der Waals surface area contributed by atoms with Crippen LogP contribution in [-0.4, -0.2) is 29.0 Å². The first-order chi connectivity index (χ1) is 7.95. The Labute approximate surface area is 116 Å². The smallest absolute Gasteiger partial charge is 0.0618 e. The third-order valence-corrected chi connectivity index (χ3v) is 4.20. The summed E-state index contributed by atoms with van der Waals surface area (Å²) >= 11 is 5.22. The van der Waals surface area contributed by atoms with E-state index in [9.17, 15) is 5.11 Å². The molecule has 17 heavy (non-hydrogen) atoms. The van der Waals surface area contributed by atoms with Gasteiger partial charge in [-0.3, -0.25) is 0 Å². The molecule has 0 heterocycles. The molecule has 0 fully saturated rings.